The van der Waals surface area contributed by atoms with Gasteiger partial charge >= 0.3 is 0 Å². The SMILES string of the molecule is CN(C)CC1(c2ccc(Cl)cc2)CCCN1. The third-order valence-corrected chi connectivity index (χ3v) is 3.48. The fraction of sp³-hybridized carbons (Fsp3) is 0.538. The average Bonchev–Trinajstić information content (AvgIpc) is 2.67. The van der Waals surface area contributed by atoms with Crippen LogP contribution in [-0.2, 0) is 5.54 Å². The highest BCUT2D eigenvalue weighted by atomic mass is 35.5. The Morgan fingerprint density at radius 2 is 2.00 bits per heavy atom. The van der Waals surface area contributed by atoms with Gasteiger partial charge in [0.1, 0.15) is 0 Å². The first-order valence-electron chi connectivity index (χ1n) is 5.78. The minimum Gasteiger partial charge on any atom is -0.307 e. The molecule has 0 amide bonds. The van der Waals surface area contributed by atoms with Gasteiger partial charge in [0, 0.05) is 11.6 Å². The zero-order valence-electron chi connectivity index (χ0n) is 9.96. The summed E-state index contributed by atoms with van der Waals surface area (Å²) in [4.78, 5) is 2.24. The fourth-order valence-electron chi connectivity index (χ4n) is 2.59. The van der Waals surface area contributed by atoms with E-state index in [0.29, 0.717) is 0 Å². The van der Waals surface area contributed by atoms with Crippen LogP contribution in [0.1, 0.15) is 18.4 Å². The molecule has 1 unspecified atom stereocenters. The van der Waals surface area contributed by atoms with Crippen molar-refractivity contribution < 1.29 is 0 Å². The Bertz CT molecular complexity index is 339. The third-order valence-electron chi connectivity index (χ3n) is 3.23. The molecule has 0 aromatic heterocycles. The van der Waals surface area contributed by atoms with Crippen LogP contribution in [0.3, 0.4) is 0 Å². The predicted molar refractivity (Wildman–Crippen MR) is 68.9 cm³/mol. The maximum absolute atomic E-state index is 5.94. The van der Waals surface area contributed by atoms with Gasteiger partial charge in [-0.2, -0.15) is 0 Å². The van der Waals surface area contributed by atoms with Crippen LogP contribution in [0.25, 0.3) is 0 Å². The van der Waals surface area contributed by atoms with Gasteiger partial charge in [-0.3, -0.25) is 0 Å². The lowest BCUT2D eigenvalue weighted by atomic mass is 9.88. The zero-order chi connectivity index (χ0) is 11.6. The maximum atomic E-state index is 5.94. The molecule has 1 aromatic rings. The highest BCUT2D eigenvalue weighted by Gasteiger charge is 2.35. The summed E-state index contributed by atoms with van der Waals surface area (Å²) in [6.07, 6.45) is 2.45. The summed E-state index contributed by atoms with van der Waals surface area (Å²) < 4.78 is 0. The molecule has 1 heterocycles. The van der Waals surface area contributed by atoms with Gasteiger partial charge < -0.3 is 10.2 Å². The number of rotatable bonds is 3. The van der Waals surface area contributed by atoms with Crippen molar-refractivity contribution in [1.82, 2.24) is 10.2 Å². The van der Waals surface area contributed by atoms with E-state index >= 15 is 0 Å². The van der Waals surface area contributed by atoms with Crippen LogP contribution in [0.5, 0.6) is 0 Å². The van der Waals surface area contributed by atoms with Crippen LogP contribution in [0.4, 0.5) is 0 Å². The van der Waals surface area contributed by atoms with Crippen LogP contribution >= 0.6 is 11.6 Å². The van der Waals surface area contributed by atoms with Crippen LogP contribution in [0.2, 0.25) is 5.02 Å². The topological polar surface area (TPSA) is 15.3 Å². The lowest BCUT2D eigenvalue weighted by Gasteiger charge is -2.33. The van der Waals surface area contributed by atoms with E-state index in [4.69, 9.17) is 11.6 Å². The van der Waals surface area contributed by atoms with Crippen molar-refractivity contribution in [2.75, 3.05) is 27.2 Å². The molecule has 1 aliphatic heterocycles. The van der Waals surface area contributed by atoms with Gasteiger partial charge in [0.2, 0.25) is 0 Å². The van der Waals surface area contributed by atoms with E-state index in [1.165, 1.54) is 18.4 Å². The molecule has 1 atom stereocenters. The minimum absolute atomic E-state index is 0.119. The number of halogens is 1. The molecule has 0 radical (unpaired) electrons. The summed E-state index contributed by atoms with van der Waals surface area (Å²) in [7, 11) is 4.25. The van der Waals surface area contributed by atoms with Crippen molar-refractivity contribution in [2.24, 2.45) is 0 Å². The monoisotopic (exact) mass is 238 g/mol. The van der Waals surface area contributed by atoms with Gasteiger partial charge in [0.05, 0.1) is 5.54 Å². The van der Waals surface area contributed by atoms with E-state index < -0.39 is 0 Å². The standard InChI is InChI=1S/C13H19ClN2/c1-16(2)10-13(8-3-9-15-13)11-4-6-12(14)7-5-11/h4-7,15H,3,8-10H2,1-2H3. The highest BCUT2D eigenvalue weighted by Crippen LogP contribution is 2.32. The molecule has 88 valence electrons. The number of likely N-dealkylation sites (N-methyl/N-ethyl adjacent to an activating group) is 1. The third kappa shape index (κ3) is 2.40. The highest BCUT2D eigenvalue weighted by molar-refractivity contribution is 6.30. The molecule has 16 heavy (non-hydrogen) atoms. The molecule has 0 bridgehead atoms. The molecule has 2 nitrogen and oxygen atoms in total. The van der Waals surface area contributed by atoms with Crippen LogP contribution in [0, 0.1) is 0 Å². The molecule has 0 saturated carbocycles. The summed E-state index contributed by atoms with van der Waals surface area (Å²) in [5.41, 5.74) is 1.47. The van der Waals surface area contributed by atoms with Crippen molar-refractivity contribution in [3.8, 4) is 0 Å². The summed E-state index contributed by atoms with van der Waals surface area (Å²) in [6, 6.07) is 8.25. The summed E-state index contributed by atoms with van der Waals surface area (Å²) in [5.74, 6) is 0. The lowest BCUT2D eigenvalue weighted by Crippen LogP contribution is -2.45. The Balaban J connectivity index is 2.28. The van der Waals surface area contributed by atoms with E-state index in [0.717, 1.165) is 18.1 Å². The fourth-order valence-corrected chi connectivity index (χ4v) is 2.71. The number of nitrogens with one attached hydrogen (secondary N) is 1. The van der Waals surface area contributed by atoms with Gasteiger partial charge in [-0.25, -0.2) is 0 Å². The molecule has 1 aromatic carbocycles. The summed E-state index contributed by atoms with van der Waals surface area (Å²) in [5, 5.41) is 4.46. The van der Waals surface area contributed by atoms with Crippen molar-refractivity contribution in [1.29, 1.82) is 0 Å². The summed E-state index contributed by atoms with van der Waals surface area (Å²) in [6.45, 7) is 2.14. The number of benzene rings is 1. The molecule has 1 saturated heterocycles. The second-order valence-electron chi connectivity index (χ2n) is 4.86. The largest absolute Gasteiger partial charge is 0.307 e. The van der Waals surface area contributed by atoms with E-state index in [2.05, 4.69) is 36.4 Å². The molecular formula is C13H19ClN2. The van der Waals surface area contributed by atoms with Crippen molar-refractivity contribution >= 4 is 11.6 Å². The number of nitrogens with zero attached hydrogens (tertiary/aromatic N) is 1. The van der Waals surface area contributed by atoms with Gasteiger partial charge in [0.15, 0.2) is 0 Å². The first kappa shape index (κ1) is 11.9. The van der Waals surface area contributed by atoms with E-state index in [-0.39, 0.29) is 5.54 Å². The second kappa shape index (κ2) is 4.74. The molecule has 3 heteroatoms. The van der Waals surface area contributed by atoms with Crippen LogP contribution < -0.4 is 5.32 Å². The first-order chi connectivity index (χ1) is 7.62. The molecule has 1 fully saturated rings. The summed E-state index contributed by atoms with van der Waals surface area (Å²) >= 11 is 5.94. The van der Waals surface area contributed by atoms with E-state index in [1.807, 2.05) is 12.1 Å². The van der Waals surface area contributed by atoms with Crippen molar-refractivity contribution in [3.05, 3.63) is 34.9 Å². The smallest absolute Gasteiger partial charge is 0.0563 e. The Hall–Kier alpha value is -0.570. The molecular weight excluding hydrogens is 220 g/mol. The molecule has 2 rings (SSSR count). The molecule has 0 aliphatic carbocycles. The van der Waals surface area contributed by atoms with E-state index in [1.54, 1.807) is 0 Å². The Labute approximate surface area is 103 Å². The predicted octanol–water partition coefficient (Wildman–Crippen LogP) is 2.48. The normalized spacial score (nSPS) is 25.2. The molecule has 0 spiro atoms. The molecule has 1 aliphatic rings. The first-order valence-corrected chi connectivity index (χ1v) is 6.16. The Morgan fingerprint density at radius 3 is 2.50 bits per heavy atom. The van der Waals surface area contributed by atoms with Crippen molar-refractivity contribution in [2.45, 2.75) is 18.4 Å². The van der Waals surface area contributed by atoms with Crippen molar-refractivity contribution in [3.63, 3.8) is 0 Å². The van der Waals surface area contributed by atoms with Gasteiger partial charge in [-0.1, -0.05) is 23.7 Å². The van der Waals surface area contributed by atoms with Crippen LogP contribution in [0.15, 0.2) is 24.3 Å². The van der Waals surface area contributed by atoms with E-state index in [9.17, 15) is 0 Å². The Kier molecular flexibility index (Phi) is 3.53. The minimum atomic E-state index is 0.119. The van der Waals surface area contributed by atoms with Gasteiger partial charge in [0.25, 0.3) is 0 Å². The maximum Gasteiger partial charge on any atom is 0.0563 e. The number of hydrogen-bond acceptors (Lipinski definition) is 2. The molecule has 1 N–H and O–H groups in total. The van der Waals surface area contributed by atoms with Crippen LogP contribution in [-0.4, -0.2) is 32.1 Å². The second-order valence-corrected chi connectivity index (χ2v) is 5.29. The Morgan fingerprint density at radius 1 is 1.31 bits per heavy atom. The van der Waals surface area contributed by atoms with Gasteiger partial charge in [-0.15, -0.1) is 0 Å². The number of hydrogen-bond donors (Lipinski definition) is 1. The lowest BCUT2D eigenvalue weighted by molar-refractivity contribution is 0.260. The van der Waals surface area contributed by atoms with Gasteiger partial charge in [-0.05, 0) is 51.2 Å². The quantitative estimate of drug-likeness (QED) is 0.871. The average molecular weight is 239 g/mol. The zero-order valence-corrected chi connectivity index (χ0v) is 10.7.